The highest BCUT2D eigenvalue weighted by Gasteiger charge is 2.47. The minimum Gasteiger partial charge on any atom is -0.367 e. The molecule has 0 aromatic carbocycles. The first-order valence-corrected chi connectivity index (χ1v) is 8.21. The molecule has 1 saturated heterocycles. The number of hydrogen-bond acceptors (Lipinski definition) is 3. The Morgan fingerprint density at radius 2 is 2.14 bits per heavy atom. The van der Waals surface area contributed by atoms with Crippen molar-refractivity contribution < 1.29 is 9.53 Å². The molecule has 2 heterocycles. The Labute approximate surface area is 132 Å². The van der Waals surface area contributed by atoms with Crippen molar-refractivity contribution >= 4 is 5.91 Å². The van der Waals surface area contributed by atoms with Crippen LogP contribution in [0.5, 0.6) is 0 Å². The Morgan fingerprint density at radius 1 is 1.41 bits per heavy atom. The van der Waals surface area contributed by atoms with Crippen molar-refractivity contribution in [3.8, 4) is 0 Å². The predicted molar refractivity (Wildman–Crippen MR) is 84.6 cm³/mol. The van der Waals surface area contributed by atoms with Gasteiger partial charge in [0.25, 0.3) is 0 Å². The molecule has 122 valence electrons. The summed E-state index contributed by atoms with van der Waals surface area (Å²) in [6.07, 6.45) is 4.57. The van der Waals surface area contributed by atoms with Crippen LogP contribution in [0.4, 0.5) is 0 Å². The predicted octanol–water partition coefficient (Wildman–Crippen LogP) is 2.54. The quantitative estimate of drug-likeness (QED) is 0.882. The number of rotatable bonds is 2. The average Bonchev–Trinajstić information content (AvgIpc) is 2.89. The lowest BCUT2D eigenvalue weighted by Crippen LogP contribution is -2.48. The molecule has 0 radical (unpaired) electrons. The Balaban J connectivity index is 1.76. The van der Waals surface area contributed by atoms with Gasteiger partial charge in [-0.2, -0.15) is 5.10 Å². The first kappa shape index (κ1) is 15.5. The van der Waals surface area contributed by atoms with Crippen molar-refractivity contribution in [3.05, 3.63) is 17.5 Å². The van der Waals surface area contributed by atoms with Crippen molar-refractivity contribution in [1.82, 2.24) is 15.5 Å². The molecule has 0 bridgehead atoms. The second-order valence-electron chi connectivity index (χ2n) is 8.14. The second-order valence-corrected chi connectivity index (χ2v) is 8.14. The molecule has 1 aliphatic heterocycles. The van der Waals surface area contributed by atoms with Gasteiger partial charge in [-0.05, 0) is 58.4 Å². The van der Waals surface area contributed by atoms with Crippen molar-refractivity contribution in [1.29, 1.82) is 0 Å². The van der Waals surface area contributed by atoms with E-state index in [2.05, 4.69) is 50.1 Å². The van der Waals surface area contributed by atoms with E-state index in [4.69, 9.17) is 4.74 Å². The minimum absolute atomic E-state index is 0.0404. The van der Waals surface area contributed by atoms with E-state index in [0.717, 1.165) is 25.0 Å². The lowest BCUT2D eigenvalue weighted by molar-refractivity contribution is -0.125. The monoisotopic (exact) mass is 305 g/mol. The Morgan fingerprint density at radius 3 is 2.77 bits per heavy atom. The van der Waals surface area contributed by atoms with Crippen LogP contribution in [0.15, 0.2) is 6.20 Å². The summed E-state index contributed by atoms with van der Waals surface area (Å²) in [4.78, 5) is 12.8. The highest BCUT2D eigenvalue weighted by molar-refractivity contribution is 5.84. The fraction of sp³-hybridized carbons (Fsp3) is 0.765. The molecule has 2 aliphatic rings. The first-order chi connectivity index (χ1) is 10.2. The third kappa shape index (κ3) is 2.78. The summed E-state index contributed by atoms with van der Waals surface area (Å²) in [6, 6.07) is 0.0404. The fourth-order valence-corrected chi connectivity index (χ4v) is 4.06. The van der Waals surface area contributed by atoms with Gasteiger partial charge in [0.05, 0.1) is 35.1 Å². The van der Waals surface area contributed by atoms with Crippen LogP contribution in [0.1, 0.15) is 64.6 Å². The number of nitrogens with zero attached hydrogens (tertiary/aromatic N) is 1. The summed E-state index contributed by atoms with van der Waals surface area (Å²) in [7, 11) is 0. The number of hydrogen-bond donors (Lipinski definition) is 2. The number of nitrogens with one attached hydrogen (secondary N) is 2. The van der Waals surface area contributed by atoms with Gasteiger partial charge in [0, 0.05) is 0 Å². The van der Waals surface area contributed by atoms with Crippen LogP contribution in [-0.2, 0) is 16.0 Å². The summed E-state index contributed by atoms with van der Waals surface area (Å²) < 4.78 is 6.08. The van der Waals surface area contributed by atoms with Gasteiger partial charge in [0.2, 0.25) is 5.91 Å². The van der Waals surface area contributed by atoms with Gasteiger partial charge in [-0.15, -0.1) is 0 Å². The molecule has 0 saturated carbocycles. The minimum atomic E-state index is -0.337. The van der Waals surface area contributed by atoms with Gasteiger partial charge in [-0.3, -0.25) is 9.89 Å². The summed E-state index contributed by atoms with van der Waals surface area (Å²) in [5.74, 6) is 0.474. The average molecular weight is 305 g/mol. The largest absolute Gasteiger partial charge is 0.367 e. The number of carbonyl (C=O) groups excluding carboxylic acids is 1. The van der Waals surface area contributed by atoms with E-state index < -0.39 is 0 Å². The SMILES string of the molecule is C[C@@H]1Cc2cn[nH]c2[C@H](C(=O)N[C@H]2CC(C)(C)OC2(C)C)C1. The lowest BCUT2D eigenvalue weighted by atomic mass is 9.80. The standard InChI is InChI=1S/C17H27N3O2/c1-10-6-11-9-18-20-14(11)12(7-10)15(21)19-13-8-16(2,3)22-17(13,4)5/h9-10,12-13H,6-8H2,1-5H3,(H,18,20)(H,19,21)/t10-,12-,13+/m1/s1. The first-order valence-electron chi connectivity index (χ1n) is 8.21. The maximum atomic E-state index is 12.8. The van der Waals surface area contributed by atoms with Gasteiger partial charge in [-0.25, -0.2) is 0 Å². The van der Waals surface area contributed by atoms with Crippen LogP contribution in [0, 0.1) is 5.92 Å². The third-order valence-electron chi connectivity index (χ3n) is 5.01. The van der Waals surface area contributed by atoms with Crippen LogP contribution in [-0.4, -0.2) is 33.3 Å². The smallest absolute Gasteiger partial charge is 0.229 e. The van der Waals surface area contributed by atoms with E-state index in [9.17, 15) is 4.79 Å². The normalized spacial score (nSPS) is 32.5. The molecule has 3 atom stereocenters. The zero-order chi connectivity index (χ0) is 16.1. The van der Waals surface area contributed by atoms with E-state index in [1.54, 1.807) is 0 Å². The van der Waals surface area contributed by atoms with Crippen molar-refractivity contribution in [2.75, 3.05) is 0 Å². The molecular weight excluding hydrogens is 278 g/mol. The number of aromatic nitrogens is 2. The molecule has 5 nitrogen and oxygen atoms in total. The zero-order valence-electron chi connectivity index (χ0n) is 14.2. The molecule has 1 fully saturated rings. The molecule has 1 aliphatic carbocycles. The van der Waals surface area contributed by atoms with Gasteiger partial charge < -0.3 is 10.1 Å². The van der Waals surface area contributed by atoms with Gasteiger partial charge in [0.15, 0.2) is 0 Å². The Bertz CT molecular complexity index is 576. The van der Waals surface area contributed by atoms with Crippen molar-refractivity contribution in [2.24, 2.45) is 5.92 Å². The van der Waals surface area contributed by atoms with E-state index >= 15 is 0 Å². The number of H-pyrrole nitrogens is 1. The summed E-state index contributed by atoms with van der Waals surface area (Å²) >= 11 is 0. The number of amides is 1. The lowest BCUT2D eigenvalue weighted by Gasteiger charge is -2.31. The zero-order valence-corrected chi connectivity index (χ0v) is 14.2. The Kier molecular flexibility index (Phi) is 3.59. The third-order valence-corrected chi connectivity index (χ3v) is 5.01. The van der Waals surface area contributed by atoms with E-state index in [1.165, 1.54) is 5.56 Å². The van der Waals surface area contributed by atoms with E-state index in [-0.39, 0.29) is 29.1 Å². The van der Waals surface area contributed by atoms with E-state index in [1.807, 2.05) is 6.20 Å². The van der Waals surface area contributed by atoms with Gasteiger partial charge in [0.1, 0.15) is 0 Å². The molecule has 0 spiro atoms. The number of ether oxygens (including phenoxy) is 1. The van der Waals surface area contributed by atoms with Crippen LogP contribution in [0.2, 0.25) is 0 Å². The van der Waals surface area contributed by atoms with Crippen molar-refractivity contribution in [2.45, 2.75) is 77.0 Å². The highest BCUT2D eigenvalue weighted by atomic mass is 16.5. The summed E-state index contributed by atoms with van der Waals surface area (Å²) in [5.41, 5.74) is 1.64. The molecule has 1 aromatic heterocycles. The second kappa shape index (κ2) is 5.08. The molecule has 5 heteroatoms. The van der Waals surface area contributed by atoms with Crippen LogP contribution >= 0.6 is 0 Å². The topological polar surface area (TPSA) is 67.0 Å². The number of fused-ring (bicyclic) bond motifs is 1. The van der Waals surface area contributed by atoms with Gasteiger partial charge >= 0.3 is 0 Å². The molecule has 2 N–H and O–H groups in total. The number of carbonyl (C=O) groups is 1. The van der Waals surface area contributed by atoms with E-state index in [0.29, 0.717) is 5.92 Å². The molecule has 22 heavy (non-hydrogen) atoms. The van der Waals surface area contributed by atoms with Crippen LogP contribution in [0.25, 0.3) is 0 Å². The maximum absolute atomic E-state index is 12.8. The molecule has 3 rings (SSSR count). The maximum Gasteiger partial charge on any atom is 0.229 e. The van der Waals surface area contributed by atoms with Crippen LogP contribution in [0.3, 0.4) is 0 Å². The summed E-state index contributed by atoms with van der Waals surface area (Å²) in [6.45, 7) is 10.5. The molecule has 1 amide bonds. The Hall–Kier alpha value is -1.36. The molecule has 0 unspecified atom stereocenters. The highest BCUT2D eigenvalue weighted by Crippen LogP contribution is 2.38. The molecular formula is C17H27N3O2. The van der Waals surface area contributed by atoms with Gasteiger partial charge in [-0.1, -0.05) is 6.92 Å². The number of aromatic amines is 1. The summed E-state index contributed by atoms with van der Waals surface area (Å²) in [5, 5.41) is 10.4. The molecule has 1 aromatic rings. The van der Waals surface area contributed by atoms with Crippen LogP contribution < -0.4 is 5.32 Å². The van der Waals surface area contributed by atoms with Crippen molar-refractivity contribution in [3.63, 3.8) is 0 Å². The fourth-order valence-electron chi connectivity index (χ4n) is 4.06.